The molecule has 6 heteroatoms. The fourth-order valence-electron chi connectivity index (χ4n) is 2.28. The summed E-state index contributed by atoms with van der Waals surface area (Å²) < 4.78 is 37.8. The van der Waals surface area contributed by atoms with Crippen molar-refractivity contribution < 1.29 is 18.0 Å². The highest BCUT2D eigenvalue weighted by molar-refractivity contribution is 8.04. The van der Waals surface area contributed by atoms with Gasteiger partial charge in [-0.15, -0.1) is 0 Å². The van der Waals surface area contributed by atoms with Crippen LogP contribution in [-0.4, -0.2) is 29.8 Å². The molecular weight excluding hydrogens is 275 g/mol. The maximum atomic E-state index is 12.6. The van der Waals surface area contributed by atoms with Gasteiger partial charge in [-0.3, -0.25) is 4.79 Å². The maximum absolute atomic E-state index is 12.6. The molecule has 110 valence electrons. The number of alkyl halides is 3. The second-order valence-electron chi connectivity index (χ2n) is 5.69. The summed E-state index contributed by atoms with van der Waals surface area (Å²) >= 11 is -0.263. The number of halogens is 3. The molecule has 0 aromatic carbocycles. The summed E-state index contributed by atoms with van der Waals surface area (Å²) in [5, 5.41) is 0. The first-order chi connectivity index (χ1) is 8.56. The minimum Gasteiger partial charge on any atom is -0.377 e. The molecule has 0 aromatic rings. The van der Waals surface area contributed by atoms with Crippen LogP contribution in [0.3, 0.4) is 0 Å². The average Bonchev–Trinajstić information content (AvgIpc) is 2.19. The van der Waals surface area contributed by atoms with E-state index in [1.165, 1.54) is 0 Å². The fraction of sp³-hybridized carbons (Fsp3) is 0.769. The predicted molar refractivity (Wildman–Crippen MR) is 71.6 cm³/mol. The Morgan fingerprint density at radius 2 is 1.89 bits per heavy atom. The third kappa shape index (κ3) is 4.75. The molecule has 0 spiro atoms. The molecule has 1 aliphatic rings. The number of carbonyl (C=O) groups excluding carboxylic acids is 1. The molecule has 0 unspecified atom stereocenters. The number of hydrogen-bond acceptors (Lipinski definition) is 3. The molecule has 0 fully saturated rings. The van der Waals surface area contributed by atoms with Crippen molar-refractivity contribution in [2.75, 3.05) is 13.6 Å². The monoisotopic (exact) mass is 295 g/mol. The summed E-state index contributed by atoms with van der Waals surface area (Å²) in [6.45, 7) is 6.45. The smallest absolute Gasteiger partial charge is 0.377 e. The molecule has 0 saturated carbocycles. The van der Waals surface area contributed by atoms with Crippen LogP contribution in [0.1, 0.15) is 40.0 Å². The van der Waals surface area contributed by atoms with E-state index < -0.39 is 11.3 Å². The number of carbonyl (C=O) groups is 1. The van der Waals surface area contributed by atoms with E-state index in [0.717, 1.165) is 6.42 Å². The molecule has 0 N–H and O–H groups in total. The summed E-state index contributed by atoms with van der Waals surface area (Å²) in [5.41, 5.74) is -4.15. The van der Waals surface area contributed by atoms with Gasteiger partial charge in [-0.25, -0.2) is 0 Å². The molecule has 0 saturated heterocycles. The van der Waals surface area contributed by atoms with E-state index in [-0.39, 0.29) is 28.5 Å². The van der Waals surface area contributed by atoms with Gasteiger partial charge in [-0.2, -0.15) is 13.2 Å². The lowest BCUT2D eigenvalue weighted by Gasteiger charge is -2.36. The number of ketones is 1. The van der Waals surface area contributed by atoms with Gasteiger partial charge >= 0.3 is 5.51 Å². The zero-order valence-corrected chi connectivity index (χ0v) is 12.5. The first-order valence-electron chi connectivity index (χ1n) is 6.29. The normalized spacial score (nSPS) is 19.8. The van der Waals surface area contributed by atoms with Crippen molar-refractivity contribution in [3.63, 3.8) is 0 Å². The second-order valence-corrected chi connectivity index (χ2v) is 6.76. The molecule has 2 nitrogen and oxygen atoms in total. The molecule has 0 heterocycles. The van der Waals surface area contributed by atoms with Gasteiger partial charge in [0, 0.05) is 25.7 Å². The number of Topliss-reactive ketones (excluding diaryl/α,β-unsaturated/α-hetero) is 1. The van der Waals surface area contributed by atoms with Crippen LogP contribution in [0.25, 0.3) is 0 Å². The highest BCUT2D eigenvalue weighted by atomic mass is 32.2. The highest BCUT2D eigenvalue weighted by Gasteiger charge is 2.40. The number of allylic oxidation sites excluding steroid dienone is 2. The van der Waals surface area contributed by atoms with Gasteiger partial charge in [-0.05, 0) is 30.0 Å². The van der Waals surface area contributed by atoms with Crippen LogP contribution in [0.4, 0.5) is 13.2 Å². The number of hydrogen-bond donors (Lipinski definition) is 0. The minimum absolute atomic E-state index is 0.122. The fourth-order valence-corrected chi connectivity index (χ4v) is 3.05. The van der Waals surface area contributed by atoms with Crippen molar-refractivity contribution in [1.82, 2.24) is 4.90 Å². The lowest BCUT2D eigenvalue weighted by Crippen LogP contribution is -2.32. The lowest BCUT2D eigenvalue weighted by atomic mass is 9.78. The van der Waals surface area contributed by atoms with Crippen LogP contribution in [0.2, 0.25) is 0 Å². The average molecular weight is 295 g/mol. The number of thioether (sulfide) groups is 1. The molecule has 0 radical (unpaired) electrons. The van der Waals surface area contributed by atoms with Crippen molar-refractivity contribution >= 4 is 17.5 Å². The first kappa shape index (κ1) is 16.4. The van der Waals surface area contributed by atoms with E-state index in [2.05, 4.69) is 0 Å². The predicted octanol–water partition coefficient (Wildman–Crippen LogP) is 4.18. The van der Waals surface area contributed by atoms with E-state index in [4.69, 9.17) is 0 Å². The molecular formula is C13H20F3NOS. The largest absolute Gasteiger partial charge is 0.446 e. The van der Waals surface area contributed by atoms with Crippen LogP contribution in [0, 0.1) is 5.41 Å². The third-order valence-electron chi connectivity index (χ3n) is 3.04. The molecule has 0 bridgehead atoms. The van der Waals surface area contributed by atoms with E-state index in [0.29, 0.717) is 18.7 Å². The molecule has 1 rings (SSSR count). The van der Waals surface area contributed by atoms with E-state index >= 15 is 0 Å². The number of nitrogens with zero attached hydrogens (tertiary/aromatic N) is 1. The Labute approximate surface area is 116 Å². The summed E-state index contributed by atoms with van der Waals surface area (Å²) in [4.78, 5) is 13.7. The Hall–Kier alpha value is -0.650. The van der Waals surface area contributed by atoms with Gasteiger partial charge in [0.05, 0.1) is 4.91 Å². The van der Waals surface area contributed by atoms with E-state index in [9.17, 15) is 18.0 Å². The van der Waals surface area contributed by atoms with Crippen molar-refractivity contribution in [2.45, 2.75) is 45.5 Å². The third-order valence-corrected chi connectivity index (χ3v) is 3.94. The van der Waals surface area contributed by atoms with Crippen molar-refractivity contribution in [1.29, 1.82) is 0 Å². The molecule has 19 heavy (non-hydrogen) atoms. The summed E-state index contributed by atoms with van der Waals surface area (Å²) in [6, 6.07) is 0. The summed E-state index contributed by atoms with van der Waals surface area (Å²) in [6.07, 6.45) is 1.51. The lowest BCUT2D eigenvalue weighted by molar-refractivity contribution is -0.117. The summed E-state index contributed by atoms with van der Waals surface area (Å²) in [5.74, 6) is -0.392. The topological polar surface area (TPSA) is 20.3 Å². The molecule has 1 aliphatic carbocycles. The van der Waals surface area contributed by atoms with Crippen LogP contribution < -0.4 is 0 Å². The Morgan fingerprint density at radius 3 is 2.37 bits per heavy atom. The second kappa shape index (κ2) is 5.77. The maximum Gasteiger partial charge on any atom is 0.446 e. The highest BCUT2D eigenvalue weighted by Crippen LogP contribution is 2.46. The molecule has 0 aromatic heterocycles. The van der Waals surface area contributed by atoms with Gasteiger partial charge < -0.3 is 4.90 Å². The Kier molecular flexibility index (Phi) is 4.98. The quantitative estimate of drug-likeness (QED) is 0.776. The first-order valence-corrected chi connectivity index (χ1v) is 7.10. The SMILES string of the molecule is CCCN(C)C1=C(SC(F)(F)F)C(=O)CC(C)(C)C1. The van der Waals surface area contributed by atoms with Crippen LogP contribution in [0.5, 0.6) is 0 Å². The van der Waals surface area contributed by atoms with Crippen LogP contribution >= 0.6 is 11.8 Å². The minimum atomic E-state index is -4.41. The van der Waals surface area contributed by atoms with Gasteiger partial charge in [-0.1, -0.05) is 20.8 Å². The van der Waals surface area contributed by atoms with Crippen LogP contribution in [-0.2, 0) is 4.79 Å². The molecule has 0 aliphatic heterocycles. The van der Waals surface area contributed by atoms with Gasteiger partial charge in [0.1, 0.15) is 0 Å². The van der Waals surface area contributed by atoms with Gasteiger partial charge in [0.2, 0.25) is 0 Å². The number of rotatable bonds is 4. The Balaban J connectivity index is 3.14. The molecule has 0 amide bonds. The Bertz CT molecular complexity index is 388. The zero-order valence-electron chi connectivity index (χ0n) is 11.7. The van der Waals surface area contributed by atoms with Crippen molar-refractivity contribution in [3.8, 4) is 0 Å². The standard InChI is InChI=1S/C13H20F3NOS/c1-5-6-17(4)9-7-12(2,3)8-10(18)11(9)19-13(14,15)16/h5-8H2,1-4H3. The van der Waals surface area contributed by atoms with Crippen molar-refractivity contribution in [3.05, 3.63) is 10.6 Å². The van der Waals surface area contributed by atoms with Gasteiger partial charge in [0.15, 0.2) is 5.78 Å². The molecule has 0 atom stereocenters. The van der Waals surface area contributed by atoms with E-state index in [1.807, 2.05) is 20.8 Å². The zero-order chi connectivity index (χ0) is 14.8. The van der Waals surface area contributed by atoms with Crippen molar-refractivity contribution in [2.24, 2.45) is 5.41 Å². The van der Waals surface area contributed by atoms with E-state index in [1.54, 1.807) is 11.9 Å². The Morgan fingerprint density at radius 1 is 1.32 bits per heavy atom. The van der Waals surface area contributed by atoms with Gasteiger partial charge in [0.25, 0.3) is 0 Å². The summed E-state index contributed by atoms with van der Waals surface area (Å²) in [7, 11) is 1.75. The van der Waals surface area contributed by atoms with Crippen LogP contribution in [0.15, 0.2) is 10.6 Å².